The molecule has 1 fully saturated rings. The second-order valence-corrected chi connectivity index (χ2v) is 9.50. The maximum absolute atomic E-state index is 13.0. The van der Waals surface area contributed by atoms with Crippen molar-refractivity contribution in [3.8, 4) is 17.5 Å². The summed E-state index contributed by atoms with van der Waals surface area (Å²) in [5, 5.41) is 4.28. The van der Waals surface area contributed by atoms with Crippen molar-refractivity contribution < 1.29 is 13.2 Å². The van der Waals surface area contributed by atoms with Crippen LogP contribution in [0.4, 0.5) is 0 Å². The van der Waals surface area contributed by atoms with Crippen LogP contribution in [0.5, 0.6) is 0 Å². The molecule has 1 aliphatic rings. The van der Waals surface area contributed by atoms with Crippen LogP contribution in [-0.4, -0.2) is 53.6 Å². The highest BCUT2D eigenvalue weighted by atomic mass is 32.2. The molecule has 152 valence electrons. The second-order valence-electron chi connectivity index (χ2n) is 7.27. The number of nitrogens with zero attached hydrogens (tertiary/aromatic N) is 3. The minimum atomic E-state index is -3.07. The van der Waals surface area contributed by atoms with Crippen LogP contribution in [0.25, 0.3) is 5.69 Å². The van der Waals surface area contributed by atoms with E-state index in [9.17, 15) is 13.2 Å². The fourth-order valence-corrected chi connectivity index (χ4v) is 5.27. The molecule has 1 atom stereocenters. The molecule has 30 heavy (non-hydrogen) atoms. The fourth-order valence-electron chi connectivity index (χ4n) is 3.49. The van der Waals surface area contributed by atoms with Gasteiger partial charge in [0.05, 0.1) is 22.8 Å². The van der Waals surface area contributed by atoms with Crippen LogP contribution in [0.3, 0.4) is 0 Å². The lowest BCUT2D eigenvalue weighted by atomic mass is 10.1. The van der Waals surface area contributed by atoms with Gasteiger partial charge in [0.1, 0.15) is 0 Å². The standard InChI is InChI=1S/C23H21N3O3S/c1-25(21-12-15-30(28,29)17-21)23(27)20-10-11-22(26-14-5-13-24-26)19(16-20)9-8-18-6-3-2-4-7-18/h2-7,10-11,13-14,16,21H,12,15,17H2,1H3. The van der Waals surface area contributed by atoms with Gasteiger partial charge in [0.2, 0.25) is 0 Å². The molecule has 1 amide bonds. The molecule has 0 spiro atoms. The number of benzene rings is 2. The lowest BCUT2D eigenvalue weighted by Crippen LogP contribution is -2.37. The molecule has 0 bridgehead atoms. The third kappa shape index (κ3) is 4.29. The summed E-state index contributed by atoms with van der Waals surface area (Å²) in [7, 11) is -1.41. The summed E-state index contributed by atoms with van der Waals surface area (Å²) >= 11 is 0. The lowest BCUT2D eigenvalue weighted by Gasteiger charge is -2.23. The van der Waals surface area contributed by atoms with Crippen LogP contribution in [0.15, 0.2) is 67.0 Å². The summed E-state index contributed by atoms with van der Waals surface area (Å²) in [6, 6.07) is 16.4. The van der Waals surface area contributed by atoms with E-state index >= 15 is 0 Å². The Bertz CT molecular complexity index is 1220. The second kappa shape index (κ2) is 8.17. The van der Waals surface area contributed by atoms with Crippen molar-refractivity contribution in [2.75, 3.05) is 18.6 Å². The molecule has 1 saturated heterocycles. The van der Waals surface area contributed by atoms with Gasteiger partial charge in [-0.25, -0.2) is 13.1 Å². The van der Waals surface area contributed by atoms with Crippen molar-refractivity contribution in [3.05, 3.63) is 83.7 Å². The average Bonchev–Trinajstić information content (AvgIpc) is 3.41. The van der Waals surface area contributed by atoms with Crippen LogP contribution < -0.4 is 0 Å². The van der Waals surface area contributed by atoms with Crippen molar-refractivity contribution in [2.45, 2.75) is 12.5 Å². The zero-order valence-corrected chi connectivity index (χ0v) is 17.3. The summed E-state index contributed by atoms with van der Waals surface area (Å²) in [5.74, 6) is 6.21. The Morgan fingerprint density at radius 3 is 2.60 bits per heavy atom. The predicted molar refractivity (Wildman–Crippen MR) is 115 cm³/mol. The molecule has 1 unspecified atom stereocenters. The van der Waals surface area contributed by atoms with Gasteiger partial charge in [-0.05, 0) is 42.8 Å². The smallest absolute Gasteiger partial charge is 0.253 e. The molecule has 6 nitrogen and oxygen atoms in total. The first-order valence-corrected chi connectivity index (χ1v) is 11.4. The van der Waals surface area contributed by atoms with Crippen LogP contribution >= 0.6 is 0 Å². The van der Waals surface area contributed by atoms with E-state index in [0.29, 0.717) is 17.5 Å². The summed E-state index contributed by atoms with van der Waals surface area (Å²) in [6.45, 7) is 0. The van der Waals surface area contributed by atoms with Gasteiger partial charge in [0, 0.05) is 36.6 Å². The summed E-state index contributed by atoms with van der Waals surface area (Å²) in [5.41, 5.74) is 2.77. The van der Waals surface area contributed by atoms with Crippen molar-refractivity contribution in [2.24, 2.45) is 0 Å². The predicted octanol–water partition coefficient (Wildman–Crippen LogP) is 2.53. The van der Waals surface area contributed by atoms with E-state index in [4.69, 9.17) is 0 Å². The lowest BCUT2D eigenvalue weighted by molar-refractivity contribution is 0.0747. The van der Waals surface area contributed by atoms with E-state index in [-0.39, 0.29) is 23.5 Å². The number of rotatable bonds is 3. The summed E-state index contributed by atoms with van der Waals surface area (Å²) in [6.07, 6.45) is 3.97. The summed E-state index contributed by atoms with van der Waals surface area (Å²) in [4.78, 5) is 14.6. The normalized spacial score (nSPS) is 17.2. The molecule has 2 heterocycles. The first kappa shape index (κ1) is 19.9. The maximum atomic E-state index is 13.0. The number of aromatic nitrogens is 2. The highest BCUT2D eigenvalue weighted by molar-refractivity contribution is 7.91. The Morgan fingerprint density at radius 1 is 1.13 bits per heavy atom. The first-order valence-electron chi connectivity index (χ1n) is 9.62. The first-order chi connectivity index (χ1) is 14.4. The highest BCUT2D eigenvalue weighted by Gasteiger charge is 2.33. The van der Waals surface area contributed by atoms with Crippen molar-refractivity contribution in [1.82, 2.24) is 14.7 Å². The largest absolute Gasteiger partial charge is 0.338 e. The van der Waals surface area contributed by atoms with Crippen LogP contribution in [0.1, 0.15) is 27.9 Å². The van der Waals surface area contributed by atoms with Crippen molar-refractivity contribution >= 4 is 15.7 Å². The van der Waals surface area contributed by atoms with Crippen molar-refractivity contribution in [3.63, 3.8) is 0 Å². The van der Waals surface area contributed by atoms with E-state index < -0.39 is 9.84 Å². The molecule has 4 rings (SSSR count). The zero-order chi connectivity index (χ0) is 21.1. The van der Waals surface area contributed by atoms with Crippen molar-refractivity contribution in [1.29, 1.82) is 0 Å². The van der Waals surface area contributed by atoms with Gasteiger partial charge in [0.25, 0.3) is 5.91 Å². The van der Waals surface area contributed by atoms with Gasteiger partial charge in [-0.1, -0.05) is 30.0 Å². The number of hydrogen-bond donors (Lipinski definition) is 0. The van der Waals surface area contributed by atoms with E-state index in [0.717, 1.165) is 11.3 Å². The van der Waals surface area contributed by atoms with Gasteiger partial charge < -0.3 is 4.90 Å². The minimum absolute atomic E-state index is 0.0152. The Labute approximate surface area is 176 Å². The fraction of sp³-hybridized carbons (Fsp3) is 0.217. The molecule has 7 heteroatoms. The van der Waals surface area contributed by atoms with Gasteiger partial charge in [-0.15, -0.1) is 0 Å². The minimum Gasteiger partial charge on any atom is -0.338 e. The topological polar surface area (TPSA) is 72.3 Å². The molecule has 1 aliphatic heterocycles. The summed E-state index contributed by atoms with van der Waals surface area (Å²) < 4.78 is 25.3. The SMILES string of the molecule is CN(C(=O)c1ccc(-n2cccn2)c(C#Cc2ccccc2)c1)C1CCS(=O)(=O)C1. The van der Waals surface area contributed by atoms with Crippen LogP contribution in [0.2, 0.25) is 0 Å². The quantitative estimate of drug-likeness (QED) is 0.612. The Morgan fingerprint density at radius 2 is 1.93 bits per heavy atom. The average molecular weight is 420 g/mol. The molecule has 1 aromatic heterocycles. The highest BCUT2D eigenvalue weighted by Crippen LogP contribution is 2.21. The van der Waals surface area contributed by atoms with E-state index in [2.05, 4.69) is 16.9 Å². The molecule has 0 saturated carbocycles. The van der Waals surface area contributed by atoms with Gasteiger partial charge in [0.15, 0.2) is 9.84 Å². The molecule has 0 N–H and O–H groups in total. The van der Waals surface area contributed by atoms with Gasteiger partial charge >= 0.3 is 0 Å². The maximum Gasteiger partial charge on any atom is 0.253 e. The molecule has 0 aliphatic carbocycles. The number of carbonyl (C=O) groups excluding carboxylic acids is 1. The monoisotopic (exact) mass is 419 g/mol. The van der Waals surface area contributed by atoms with E-state index in [1.807, 2.05) is 48.7 Å². The number of amides is 1. The molecule has 2 aromatic carbocycles. The number of sulfone groups is 1. The molecule has 3 aromatic rings. The molecule has 0 radical (unpaired) electrons. The van der Waals surface area contributed by atoms with Gasteiger partial charge in [-0.3, -0.25) is 4.79 Å². The van der Waals surface area contributed by atoms with E-state index in [1.54, 1.807) is 30.1 Å². The molecular formula is C23H21N3O3S. The molecular weight excluding hydrogens is 398 g/mol. The van der Waals surface area contributed by atoms with Gasteiger partial charge in [-0.2, -0.15) is 5.10 Å². The Kier molecular flexibility index (Phi) is 5.42. The number of hydrogen-bond acceptors (Lipinski definition) is 4. The van der Waals surface area contributed by atoms with Crippen LogP contribution in [-0.2, 0) is 9.84 Å². The van der Waals surface area contributed by atoms with Crippen LogP contribution in [0, 0.1) is 11.8 Å². The van der Waals surface area contributed by atoms with E-state index in [1.165, 1.54) is 4.90 Å². The third-order valence-corrected chi connectivity index (χ3v) is 6.94. The number of carbonyl (C=O) groups is 1. The Balaban J connectivity index is 1.68. The zero-order valence-electron chi connectivity index (χ0n) is 16.5. The third-order valence-electron chi connectivity index (χ3n) is 5.19. The Hall–Kier alpha value is -3.37.